The van der Waals surface area contributed by atoms with Crippen molar-refractivity contribution >= 4 is 5.69 Å². The van der Waals surface area contributed by atoms with Crippen molar-refractivity contribution in [3.63, 3.8) is 0 Å². The smallest absolute Gasteiger partial charge is 0.165 e. The molecule has 1 aromatic carbocycles. The molecule has 6 heteroatoms. The highest BCUT2D eigenvalue weighted by Crippen LogP contribution is 2.21. The molecule has 0 bridgehead atoms. The zero-order chi connectivity index (χ0) is 12.3. The molecule has 0 unspecified atom stereocenters. The van der Waals surface area contributed by atoms with E-state index >= 15 is 0 Å². The molecular weight excluding hydrogens is 223 g/mol. The van der Waals surface area contributed by atoms with Gasteiger partial charge in [0.2, 0.25) is 0 Å². The highest BCUT2D eigenvalue weighted by Gasteiger charge is 2.04. The van der Waals surface area contributed by atoms with E-state index in [2.05, 4.69) is 15.6 Å². The minimum atomic E-state index is -0.377. The molecule has 0 radical (unpaired) electrons. The number of hydrogen-bond donors (Lipinski definition) is 1. The second-order valence-electron chi connectivity index (χ2n) is 3.59. The van der Waals surface area contributed by atoms with Crippen LogP contribution in [0.15, 0.2) is 24.4 Å². The number of methoxy groups -OCH3 is 1. The first-order chi connectivity index (χ1) is 8.19. The predicted octanol–water partition coefficient (Wildman–Crippen LogP) is 1.57. The van der Waals surface area contributed by atoms with E-state index in [1.165, 1.54) is 13.2 Å². The van der Waals surface area contributed by atoms with E-state index in [0.29, 0.717) is 6.54 Å². The SMILES string of the molecule is COc1cc(NCc2cn(C)nn2)ccc1F. The Labute approximate surface area is 98.2 Å². The molecule has 0 saturated heterocycles. The van der Waals surface area contributed by atoms with Crippen LogP contribution in [0.4, 0.5) is 10.1 Å². The zero-order valence-electron chi connectivity index (χ0n) is 9.64. The highest BCUT2D eigenvalue weighted by molar-refractivity contribution is 5.48. The fourth-order valence-electron chi connectivity index (χ4n) is 1.44. The molecule has 1 N–H and O–H groups in total. The lowest BCUT2D eigenvalue weighted by molar-refractivity contribution is 0.387. The summed E-state index contributed by atoms with van der Waals surface area (Å²) < 4.78 is 19.7. The van der Waals surface area contributed by atoms with E-state index in [1.54, 1.807) is 23.9 Å². The van der Waals surface area contributed by atoms with Crippen molar-refractivity contribution in [1.82, 2.24) is 15.0 Å². The van der Waals surface area contributed by atoms with E-state index < -0.39 is 0 Å². The standard InChI is InChI=1S/C11H13FN4O/c1-16-7-9(14-15-16)6-13-8-3-4-10(12)11(5-8)17-2/h3-5,7,13H,6H2,1-2H3. The molecule has 0 spiro atoms. The van der Waals surface area contributed by atoms with Crippen molar-refractivity contribution in [2.24, 2.45) is 7.05 Å². The van der Waals surface area contributed by atoms with Crippen molar-refractivity contribution in [2.75, 3.05) is 12.4 Å². The molecule has 0 saturated carbocycles. The maximum Gasteiger partial charge on any atom is 0.165 e. The first-order valence-electron chi connectivity index (χ1n) is 5.11. The molecule has 5 nitrogen and oxygen atoms in total. The molecule has 0 aliphatic carbocycles. The monoisotopic (exact) mass is 236 g/mol. The van der Waals surface area contributed by atoms with Gasteiger partial charge in [0, 0.05) is 25.0 Å². The number of rotatable bonds is 4. The van der Waals surface area contributed by atoms with Gasteiger partial charge in [-0.05, 0) is 12.1 Å². The van der Waals surface area contributed by atoms with Gasteiger partial charge in [-0.15, -0.1) is 5.10 Å². The normalized spacial score (nSPS) is 10.3. The van der Waals surface area contributed by atoms with Gasteiger partial charge in [0.15, 0.2) is 11.6 Å². The molecule has 1 heterocycles. The number of nitrogens with zero attached hydrogens (tertiary/aromatic N) is 3. The van der Waals surface area contributed by atoms with Gasteiger partial charge in [0.25, 0.3) is 0 Å². The number of halogens is 1. The molecule has 1 aromatic heterocycles. The molecule has 17 heavy (non-hydrogen) atoms. The maximum absolute atomic E-state index is 13.2. The molecule has 0 amide bonds. The van der Waals surface area contributed by atoms with E-state index in [1.807, 2.05) is 6.20 Å². The molecule has 2 aromatic rings. The van der Waals surface area contributed by atoms with Gasteiger partial charge in [-0.2, -0.15) is 0 Å². The third kappa shape index (κ3) is 2.72. The van der Waals surface area contributed by atoms with Crippen LogP contribution in [-0.4, -0.2) is 22.1 Å². The van der Waals surface area contributed by atoms with E-state index in [9.17, 15) is 4.39 Å². The summed E-state index contributed by atoms with van der Waals surface area (Å²) in [7, 11) is 3.24. The summed E-state index contributed by atoms with van der Waals surface area (Å²) >= 11 is 0. The predicted molar refractivity (Wildman–Crippen MR) is 61.3 cm³/mol. The van der Waals surface area contributed by atoms with Gasteiger partial charge in [0.05, 0.1) is 13.7 Å². The largest absolute Gasteiger partial charge is 0.494 e. The Morgan fingerprint density at radius 1 is 1.47 bits per heavy atom. The van der Waals surface area contributed by atoms with Gasteiger partial charge in [-0.1, -0.05) is 5.21 Å². The Morgan fingerprint density at radius 2 is 2.29 bits per heavy atom. The Bertz CT molecular complexity index is 512. The van der Waals surface area contributed by atoms with Crippen LogP contribution < -0.4 is 10.1 Å². The van der Waals surface area contributed by atoms with Crippen LogP contribution in [0.25, 0.3) is 0 Å². The summed E-state index contributed by atoms with van der Waals surface area (Å²) in [4.78, 5) is 0. The Hall–Kier alpha value is -2.11. The minimum Gasteiger partial charge on any atom is -0.494 e. The zero-order valence-corrected chi connectivity index (χ0v) is 9.64. The number of aromatic nitrogens is 3. The molecule has 0 aliphatic heterocycles. The van der Waals surface area contributed by atoms with Gasteiger partial charge in [-0.3, -0.25) is 4.68 Å². The lowest BCUT2D eigenvalue weighted by Gasteiger charge is -2.07. The Balaban J connectivity index is 2.04. The summed E-state index contributed by atoms with van der Waals surface area (Å²) in [6.07, 6.45) is 1.81. The molecule has 0 atom stereocenters. The first kappa shape index (κ1) is 11.4. The second kappa shape index (κ2) is 4.82. The summed E-state index contributed by atoms with van der Waals surface area (Å²) in [5.41, 5.74) is 1.59. The van der Waals surface area contributed by atoms with Crippen LogP contribution >= 0.6 is 0 Å². The Morgan fingerprint density at radius 3 is 2.94 bits per heavy atom. The van der Waals surface area contributed by atoms with Crippen LogP contribution in [0.3, 0.4) is 0 Å². The molecule has 90 valence electrons. The van der Waals surface area contributed by atoms with Crippen LogP contribution in [-0.2, 0) is 13.6 Å². The number of nitrogens with one attached hydrogen (secondary N) is 1. The second-order valence-corrected chi connectivity index (χ2v) is 3.59. The van der Waals surface area contributed by atoms with E-state index in [0.717, 1.165) is 11.4 Å². The number of anilines is 1. The van der Waals surface area contributed by atoms with Crippen molar-refractivity contribution in [2.45, 2.75) is 6.54 Å². The van der Waals surface area contributed by atoms with Crippen molar-refractivity contribution in [1.29, 1.82) is 0 Å². The fraction of sp³-hybridized carbons (Fsp3) is 0.273. The number of ether oxygens (including phenoxy) is 1. The molecule has 0 aliphatic rings. The van der Waals surface area contributed by atoms with Crippen molar-refractivity contribution < 1.29 is 9.13 Å². The number of aryl methyl sites for hydroxylation is 1. The topological polar surface area (TPSA) is 52.0 Å². The maximum atomic E-state index is 13.2. The average Bonchev–Trinajstić information content (AvgIpc) is 2.74. The number of hydrogen-bond acceptors (Lipinski definition) is 4. The Kier molecular flexibility index (Phi) is 3.22. The summed E-state index contributed by atoms with van der Waals surface area (Å²) in [5.74, 6) is -0.160. The van der Waals surface area contributed by atoms with Gasteiger partial charge < -0.3 is 10.1 Å². The van der Waals surface area contributed by atoms with Crippen molar-refractivity contribution in [3.8, 4) is 5.75 Å². The quantitative estimate of drug-likeness (QED) is 0.875. The lowest BCUT2D eigenvalue weighted by Crippen LogP contribution is -2.00. The van der Waals surface area contributed by atoms with Crippen LogP contribution in [0.2, 0.25) is 0 Å². The lowest BCUT2D eigenvalue weighted by atomic mass is 10.3. The van der Waals surface area contributed by atoms with Crippen LogP contribution in [0.1, 0.15) is 5.69 Å². The molecule has 2 rings (SSSR count). The first-order valence-corrected chi connectivity index (χ1v) is 5.11. The number of benzene rings is 1. The third-order valence-corrected chi connectivity index (χ3v) is 2.27. The molecule has 0 fully saturated rings. The average molecular weight is 236 g/mol. The van der Waals surface area contributed by atoms with E-state index in [-0.39, 0.29) is 11.6 Å². The minimum absolute atomic E-state index is 0.217. The highest BCUT2D eigenvalue weighted by atomic mass is 19.1. The van der Waals surface area contributed by atoms with Gasteiger partial charge >= 0.3 is 0 Å². The summed E-state index contributed by atoms with van der Waals surface area (Å²) in [6.45, 7) is 0.530. The van der Waals surface area contributed by atoms with Crippen LogP contribution in [0, 0.1) is 5.82 Å². The van der Waals surface area contributed by atoms with Gasteiger partial charge in [-0.25, -0.2) is 4.39 Å². The van der Waals surface area contributed by atoms with E-state index in [4.69, 9.17) is 4.74 Å². The van der Waals surface area contributed by atoms with Crippen molar-refractivity contribution in [3.05, 3.63) is 35.9 Å². The molecular formula is C11H13FN4O. The third-order valence-electron chi connectivity index (χ3n) is 2.27. The summed E-state index contributed by atoms with van der Waals surface area (Å²) in [6, 6.07) is 4.61. The fourth-order valence-corrected chi connectivity index (χ4v) is 1.44. The summed E-state index contributed by atoms with van der Waals surface area (Å²) in [5, 5.41) is 10.9. The van der Waals surface area contributed by atoms with Gasteiger partial charge in [0.1, 0.15) is 5.69 Å². The van der Waals surface area contributed by atoms with Crippen LogP contribution in [0.5, 0.6) is 5.75 Å².